The Morgan fingerprint density at radius 2 is 1.91 bits per heavy atom. The molecule has 0 saturated carbocycles. The van der Waals surface area contributed by atoms with E-state index in [1.165, 1.54) is 34.9 Å². The molecule has 0 bridgehead atoms. The van der Waals surface area contributed by atoms with Crippen LogP contribution in [0.5, 0.6) is 0 Å². The Morgan fingerprint density at radius 1 is 1.16 bits per heavy atom. The van der Waals surface area contributed by atoms with Gasteiger partial charge in [0.25, 0.3) is 0 Å². The van der Waals surface area contributed by atoms with Crippen molar-refractivity contribution < 1.29 is 27.4 Å². The quantitative estimate of drug-likeness (QED) is 0.356. The third kappa shape index (κ3) is 4.84. The fourth-order valence-electron chi connectivity index (χ4n) is 3.88. The molecule has 0 aliphatic carbocycles. The molecule has 0 atom stereocenters. The Balaban J connectivity index is 1.64. The maximum Gasteiger partial charge on any atom is 0.340 e. The number of piperidine rings is 1. The number of sulfonamides is 1. The summed E-state index contributed by atoms with van der Waals surface area (Å²) in [5.41, 5.74) is 0.793. The van der Waals surface area contributed by atoms with Gasteiger partial charge in [-0.3, -0.25) is 0 Å². The Labute approximate surface area is 187 Å². The predicted octanol–water partition coefficient (Wildman–Crippen LogP) is 1.08. The number of benzene rings is 1. The summed E-state index contributed by atoms with van der Waals surface area (Å²) in [4.78, 5) is 19.1. The Hall–Kier alpha value is -2.76. The summed E-state index contributed by atoms with van der Waals surface area (Å²) in [5.74, 6) is -0.660. The molecule has 2 aliphatic heterocycles. The normalized spacial score (nSPS) is 17.8. The second-order valence-corrected chi connectivity index (χ2v) is 9.62. The molecule has 0 radical (unpaired) electrons. The lowest BCUT2D eigenvalue weighted by molar-refractivity contribution is -0.620. The van der Waals surface area contributed by atoms with E-state index in [0.717, 1.165) is 32.4 Å². The van der Waals surface area contributed by atoms with Crippen molar-refractivity contribution in [2.45, 2.75) is 30.8 Å². The maximum absolute atomic E-state index is 13.1. The van der Waals surface area contributed by atoms with E-state index >= 15 is 0 Å². The third-order valence-corrected chi connectivity index (χ3v) is 7.50. The number of anilines is 1. The molecule has 0 unspecified atom stereocenters. The lowest BCUT2D eigenvalue weighted by Crippen LogP contribution is -2.40. The van der Waals surface area contributed by atoms with Gasteiger partial charge in [0.1, 0.15) is 6.20 Å². The summed E-state index contributed by atoms with van der Waals surface area (Å²) in [6, 6.07) is 6.06. The summed E-state index contributed by atoms with van der Waals surface area (Å²) in [6.45, 7) is 2.42. The fraction of sp³-hybridized carbons (Fsp3) is 0.476. The SMILES string of the molecule is O=C(OCc1nccc[n+]1[O-])c1cc(S(=O)(=O)N2CCOCC2)ccc1N1CCCCC1. The molecule has 4 rings (SSSR count). The van der Waals surface area contributed by atoms with Gasteiger partial charge in [0.2, 0.25) is 10.0 Å². The molecule has 2 fully saturated rings. The zero-order chi connectivity index (χ0) is 22.6. The van der Waals surface area contributed by atoms with Crippen molar-refractivity contribution in [2.24, 2.45) is 0 Å². The molecule has 3 heterocycles. The first kappa shape index (κ1) is 22.4. The van der Waals surface area contributed by atoms with Crippen LogP contribution in [0.25, 0.3) is 0 Å². The molecule has 172 valence electrons. The topological polar surface area (TPSA) is 116 Å². The highest BCUT2D eigenvalue weighted by atomic mass is 32.2. The zero-order valence-corrected chi connectivity index (χ0v) is 18.5. The monoisotopic (exact) mass is 462 g/mol. The highest BCUT2D eigenvalue weighted by molar-refractivity contribution is 7.89. The minimum absolute atomic E-state index is 0.0313. The summed E-state index contributed by atoms with van der Waals surface area (Å²) >= 11 is 0. The van der Waals surface area contributed by atoms with Crippen molar-refractivity contribution in [3.8, 4) is 0 Å². The van der Waals surface area contributed by atoms with Crippen LogP contribution in [-0.2, 0) is 26.1 Å². The molecular weight excluding hydrogens is 436 g/mol. The summed E-state index contributed by atoms with van der Waals surface area (Å²) in [6.07, 6.45) is 5.80. The maximum atomic E-state index is 13.1. The van der Waals surface area contributed by atoms with Crippen LogP contribution in [0, 0.1) is 5.21 Å². The van der Waals surface area contributed by atoms with Crippen LogP contribution in [0.15, 0.2) is 41.6 Å². The van der Waals surface area contributed by atoms with Crippen molar-refractivity contribution in [1.29, 1.82) is 0 Å². The van der Waals surface area contributed by atoms with Gasteiger partial charge in [0.15, 0.2) is 6.61 Å². The number of rotatable bonds is 6. The fourth-order valence-corrected chi connectivity index (χ4v) is 5.32. The molecule has 2 aliphatic rings. The molecule has 2 aromatic rings. The molecular formula is C21H26N4O6S. The van der Waals surface area contributed by atoms with Gasteiger partial charge in [-0.05, 0) is 42.4 Å². The van der Waals surface area contributed by atoms with Gasteiger partial charge in [-0.15, -0.1) is 0 Å². The molecule has 0 amide bonds. The van der Waals surface area contributed by atoms with E-state index < -0.39 is 16.0 Å². The standard InChI is InChI=1S/C21H26N4O6S/c26-21(31-16-20-22-7-4-10-25(20)27)18-15-17(32(28,29)24-11-13-30-14-12-24)5-6-19(18)23-8-2-1-3-9-23/h4-7,10,15H,1-3,8-9,11-14,16H2. The van der Waals surface area contributed by atoms with Gasteiger partial charge in [-0.2, -0.15) is 4.31 Å². The van der Waals surface area contributed by atoms with Crippen molar-refractivity contribution in [1.82, 2.24) is 9.29 Å². The largest absolute Gasteiger partial charge is 0.711 e. The smallest absolute Gasteiger partial charge is 0.340 e. The lowest BCUT2D eigenvalue weighted by atomic mass is 10.1. The number of hydrogen-bond donors (Lipinski definition) is 0. The van der Waals surface area contributed by atoms with Crippen LogP contribution in [0.1, 0.15) is 35.4 Å². The molecule has 1 aromatic carbocycles. The van der Waals surface area contributed by atoms with E-state index in [1.54, 1.807) is 6.07 Å². The van der Waals surface area contributed by atoms with Crippen LogP contribution in [0.4, 0.5) is 5.69 Å². The summed E-state index contributed by atoms with van der Waals surface area (Å²) in [7, 11) is -3.78. The van der Waals surface area contributed by atoms with E-state index in [-0.39, 0.29) is 36.0 Å². The lowest BCUT2D eigenvalue weighted by Gasteiger charge is -2.31. The first-order valence-corrected chi connectivity index (χ1v) is 12.1. The van der Waals surface area contributed by atoms with Crippen LogP contribution in [0.3, 0.4) is 0 Å². The Kier molecular flexibility index (Phi) is 6.87. The van der Waals surface area contributed by atoms with Crippen LogP contribution in [-0.4, -0.2) is 63.1 Å². The van der Waals surface area contributed by atoms with Crippen molar-refractivity contribution in [3.63, 3.8) is 0 Å². The second kappa shape index (κ2) is 9.80. The first-order chi connectivity index (χ1) is 15.5. The molecule has 2 saturated heterocycles. The molecule has 0 N–H and O–H groups in total. The first-order valence-electron chi connectivity index (χ1n) is 10.6. The number of hydrogen-bond acceptors (Lipinski definition) is 8. The second-order valence-electron chi connectivity index (χ2n) is 7.68. The number of carbonyl (C=O) groups excluding carboxylic acids is 1. The van der Waals surface area contributed by atoms with Crippen molar-refractivity contribution in [2.75, 3.05) is 44.3 Å². The predicted molar refractivity (Wildman–Crippen MR) is 114 cm³/mol. The van der Waals surface area contributed by atoms with Crippen LogP contribution >= 0.6 is 0 Å². The Morgan fingerprint density at radius 3 is 2.62 bits per heavy atom. The molecule has 0 spiro atoms. The number of esters is 1. The molecule has 1 aromatic heterocycles. The third-order valence-electron chi connectivity index (χ3n) is 5.61. The average Bonchev–Trinajstić information content (AvgIpc) is 2.84. The number of morpholine rings is 1. The van der Waals surface area contributed by atoms with E-state index in [0.29, 0.717) is 23.6 Å². The molecule has 10 nitrogen and oxygen atoms in total. The zero-order valence-electron chi connectivity index (χ0n) is 17.7. The van der Waals surface area contributed by atoms with E-state index in [2.05, 4.69) is 9.88 Å². The molecule has 11 heteroatoms. The number of ether oxygens (including phenoxy) is 2. The number of nitrogens with zero attached hydrogens (tertiary/aromatic N) is 4. The van der Waals surface area contributed by atoms with Crippen LogP contribution < -0.4 is 9.63 Å². The minimum atomic E-state index is -3.78. The average molecular weight is 463 g/mol. The van der Waals surface area contributed by atoms with Crippen molar-refractivity contribution >= 4 is 21.7 Å². The van der Waals surface area contributed by atoms with Crippen LogP contribution in [0.2, 0.25) is 0 Å². The van der Waals surface area contributed by atoms with Crippen molar-refractivity contribution in [3.05, 3.63) is 53.3 Å². The van der Waals surface area contributed by atoms with E-state index in [4.69, 9.17) is 9.47 Å². The molecule has 32 heavy (non-hydrogen) atoms. The van der Waals surface area contributed by atoms with Gasteiger partial charge in [0.05, 0.1) is 35.6 Å². The number of aromatic nitrogens is 2. The van der Waals surface area contributed by atoms with E-state index in [1.807, 2.05) is 0 Å². The minimum Gasteiger partial charge on any atom is -0.711 e. The highest BCUT2D eigenvalue weighted by Crippen LogP contribution is 2.29. The van der Waals surface area contributed by atoms with Gasteiger partial charge >= 0.3 is 11.8 Å². The highest BCUT2D eigenvalue weighted by Gasteiger charge is 2.29. The van der Waals surface area contributed by atoms with Gasteiger partial charge in [0, 0.05) is 32.2 Å². The van der Waals surface area contributed by atoms with Gasteiger partial charge in [-0.25, -0.2) is 17.9 Å². The van der Waals surface area contributed by atoms with Gasteiger partial charge in [-0.1, -0.05) is 0 Å². The number of carbonyl (C=O) groups is 1. The van der Waals surface area contributed by atoms with E-state index in [9.17, 15) is 18.4 Å². The summed E-state index contributed by atoms with van der Waals surface area (Å²) < 4.78 is 38.7. The Bertz CT molecular complexity index is 1070. The summed E-state index contributed by atoms with van der Waals surface area (Å²) in [5, 5.41) is 11.8. The van der Waals surface area contributed by atoms with Gasteiger partial charge < -0.3 is 19.6 Å².